The molecule has 4 rings (SSSR count). The van der Waals surface area contributed by atoms with Crippen LogP contribution in [0.15, 0.2) is 12.4 Å². The van der Waals surface area contributed by atoms with Crippen LogP contribution < -0.4 is 16.0 Å². The van der Waals surface area contributed by atoms with Crippen LogP contribution in [0.2, 0.25) is 0 Å². The Kier molecular flexibility index (Phi) is 6.70. The van der Waals surface area contributed by atoms with Gasteiger partial charge in [0.05, 0.1) is 11.9 Å². The Morgan fingerprint density at radius 1 is 1.13 bits per heavy atom. The van der Waals surface area contributed by atoms with Crippen molar-refractivity contribution < 1.29 is 9.59 Å². The van der Waals surface area contributed by atoms with Gasteiger partial charge in [-0.15, -0.1) is 0 Å². The summed E-state index contributed by atoms with van der Waals surface area (Å²) < 4.78 is 1.70. The highest BCUT2D eigenvalue weighted by Gasteiger charge is 2.29. The number of anilines is 1. The zero-order valence-corrected chi connectivity index (χ0v) is 18.0. The average Bonchev–Trinajstić information content (AvgIpc) is 3.23. The van der Waals surface area contributed by atoms with E-state index in [0.717, 1.165) is 57.8 Å². The number of piperidine rings is 1. The Hall–Kier alpha value is -1.97. The molecule has 1 aromatic rings. The molecule has 0 bridgehead atoms. The number of nitrogens with zero attached hydrogens (tertiary/aromatic N) is 5. The molecule has 9 nitrogen and oxygen atoms in total. The first kappa shape index (κ1) is 21.3. The fourth-order valence-electron chi connectivity index (χ4n) is 4.85. The Morgan fingerprint density at radius 2 is 1.87 bits per heavy atom. The van der Waals surface area contributed by atoms with Crippen LogP contribution >= 0.6 is 0 Å². The minimum atomic E-state index is -0.386. The molecule has 1 saturated carbocycles. The smallest absolute Gasteiger partial charge is 0.251 e. The molecule has 2 amide bonds. The van der Waals surface area contributed by atoms with Gasteiger partial charge in [-0.3, -0.25) is 24.5 Å². The van der Waals surface area contributed by atoms with E-state index in [2.05, 4.69) is 32.2 Å². The summed E-state index contributed by atoms with van der Waals surface area (Å²) in [5.41, 5.74) is 7.09. The third-order valence-electron chi connectivity index (χ3n) is 6.99. The van der Waals surface area contributed by atoms with Gasteiger partial charge < -0.3 is 15.5 Å². The lowest BCUT2D eigenvalue weighted by Gasteiger charge is -2.38. The van der Waals surface area contributed by atoms with Crippen LogP contribution in [-0.4, -0.2) is 89.8 Å². The van der Waals surface area contributed by atoms with E-state index in [9.17, 15) is 9.59 Å². The molecular weight excluding hydrogens is 382 g/mol. The Bertz CT molecular complexity index is 735. The number of carbonyl (C=O) groups is 2. The van der Waals surface area contributed by atoms with Crippen LogP contribution in [0, 0.1) is 0 Å². The van der Waals surface area contributed by atoms with Gasteiger partial charge in [0, 0.05) is 64.0 Å². The van der Waals surface area contributed by atoms with E-state index >= 15 is 0 Å². The second kappa shape index (κ2) is 9.45. The van der Waals surface area contributed by atoms with Crippen LogP contribution in [-0.2, 0) is 9.59 Å². The number of hydrogen-bond donors (Lipinski definition) is 2. The number of amides is 2. The lowest BCUT2D eigenvalue weighted by Crippen LogP contribution is -2.49. The maximum Gasteiger partial charge on any atom is 0.251 e. The maximum atomic E-state index is 12.1. The first-order valence-electron chi connectivity index (χ1n) is 11.3. The Labute approximate surface area is 178 Å². The van der Waals surface area contributed by atoms with Crippen LogP contribution in [0.4, 0.5) is 5.69 Å². The third kappa shape index (κ3) is 5.01. The van der Waals surface area contributed by atoms with Crippen molar-refractivity contribution >= 4 is 17.5 Å². The van der Waals surface area contributed by atoms with E-state index in [0.29, 0.717) is 24.9 Å². The van der Waals surface area contributed by atoms with E-state index in [-0.39, 0.29) is 17.9 Å². The number of carbonyl (C=O) groups excluding carboxylic acids is 2. The van der Waals surface area contributed by atoms with Gasteiger partial charge in [-0.1, -0.05) is 0 Å². The molecule has 1 aromatic heterocycles. The van der Waals surface area contributed by atoms with Crippen LogP contribution in [0.1, 0.15) is 44.6 Å². The molecule has 0 aromatic carbocycles. The highest BCUT2D eigenvalue weighted by Crippen LogP contribution is 2.23. The van der Waals surface area contributed by atoms with E-state index in [4.69, 9.17) is 5.73 Å². The van der Waals surface area contributed by atoms with Gasteiger partial charge in [-0.25, -0.2) is 0 Å². The van der Waals surface area contributed by atoms with Gasteiger partial charge in [0.25, 0.3) is 5.91 Å². The molecule has 3 N–H and O–H groups in total. The largest absolute Gasteiger partial charge is 0.366 e. The topological polar surface area (TPSA) is 99.7 Å². The quantitative estimate of drug-likeness (QED) is 0.637. The monoisotopic (exact) mass is 417 g/mol. The highest BCUT2D eigenvalue weighted by molar-refractivity contribution is 5.99. The second-order valence-electron chi connectivity index (χ2n) is 9.02. The van der Waals surface area contributed by atoms with Gasteiger partial charge in [-0.05, 0) is 39.2 Å². The van der Waals surface area contributed by atoms with E-state index in [1.807, 2.05) is 12.4 Å². The molecule has 30 heavy (non-hydrogen) atoms. The first-order valence-corrected chi connectivity index (χ1v) is 11.3. The number of hydrogen-bond acceptors (Lipinski definition) is 7. The van der Waals surface area contributed by atoms with Crippen molar-refractivity contribution in [2.45, 2.75) is 56.7 Å². The number of imide groups is 1. The predicted octanol–water partition coefficient (Wildman–Crippen LogP) is 0.185. The molecular formula is C21H35N7O2. The minimum Gasteiger partial charge on any atom is -0.366 e. The molecule has 2 aliphatic heterocycles. The molecule has 9 heteroatoms. The fraction of sp³-hybridized carbons (Fsp3) is 0.762. The van der Waals surface area contributed by atoms with Crippen LogP contribution in [0.3, 0.4) is 0 Å². The number of piperazine rings is 1. The number of nitrogens with two attached hydrogens (primary N) is 1. The van der Waals surface area contributed by atoms with Gasteiger partial charge in [0.1, 0.15) is 6.04 Å². The molecule has 1 atom stereocenters. The third-order valence-corrected chi connectivity index (χ3v) is 6.99. The highest BCUT2D eigenvalue weighted by atomic mass is 16.2. The number of rotatable bonds is 6. The summed E-state index contributed by atoms with van der Waals surface area (Å²) in [5, 5.41) is 6.80. The van der Waals surface area contributed by atoms with Crippen molar-refractivity contribution in [1.82, 2.24) is 24.9 Å². The van der Waals surface area contributed by atoms with Gasteiger partial charge >= 0.3 is 0 Å². The summed E-state index contributed by atoms with van der Waals surface area (Å²) in [6.07, 6.45) is 9.41. The minimum absolute atomic E-state index is 0.197. The molecule has 0 spiro atoms. The summed E-state index contributed by atoms with van der Waals surface area (Å²) in [7, 11) is 2.25. The van der Waals surface area contributed by atoms with E-state index in [1.165, 1.54) is 12.8 Å². The maximum absolute atomic E-state index is 12.1. The average molecular weight is 418 g/mol. The molecule has 3 fully saturated rings. The summed E-state index contributed by atoms with van der Waals surface area (Å²) in [4.78, 5) is 30.8. The Balaban J connectivity index is 1.22. The molecule has 1 unspecified atom stereocenters. The predicted molar refractivity (Wildman–Crippen MR) is 115 cm³/mol. The lowest BCUT2D eigenvalue weighted by molar-refractivity contribution is -0.135. The molecule has 1 aliphatic carbocycles. The summed E-state index contributed by atoms with van der Waals surface area (Å²) in [6.45, 7) is 6.20. The molecule has 3 heterocycles. The van der Waals surface area contributed by atoms with Gasteiger partial charge in [0.2, 0.25) is 5.91 Å². The lowest BCUT2D eigenvalue weighted by atomic mass is 9.91. The zero-order chi connectivity index (χ0) is 21.1. The summed E-state index contributed by atoms with van der Waals surface area (Å²) in [6, 6.07) is 0.703. The van der Waals surface area contributed by atoms with E-state index in [1.54, 1.807) is 4.68 Å². The van der Waals surface area contributed by atoms with Gasteiger partial charge in [-0.2, -0.15) is 5.10 Å². The molecule has 0 radical (unpaired) electrons. The van der Waals surface area contributed by atoms with Crippen LogP contribution in [0.5, 0.6) is 0 Å². The first-order chi connectivity index (χ1) is 14.5. The van der Waals surface area contributed by atoms with Crippen molar-refractivity contribution in [3.63, 3.8) is 0 Å². The zero-order valence-electron chi connectivity index (χ0n) is 18.0. The number of nitrogens with one attached hydrogen (secondary N) is 1. The van der Waals surface area contributed by atoms with Crippen molar-refractivity contribution in [2.75, 3.05) is 51.2 Å². The van der Waals surface area contributed by atoms with Crippen LogP contribution in [0.25, 0.3) is 0 Å². The Morgan fingerprint density at radius 3 is 2.57 bits per heavy atom. The van der Waals surface area contributed by atoms with Crippen molar-refractivity contribution in [2.24, 2.45) is 5.73 Å². The number of likely N-dealkylation sites (N-methyl/N-ethyl adjacent to an activating group) is 1. The summed E-state index contributed by atoms with van der Waals surface area (Å²) >= 11 is 0. The molecule has 2 saturated heterocycles. The normalized spacial score (nSPS) is 28.8. The van der Waals surface area contributed by atoms with E-state index < -0.39 is 0 Å². The second-order valence-corrected chi connectivity index (χ2v) is 9.02. The van der Waals surface area contributed by atoms with Crippen molar-refractivity contribution in [3.05, 3.63) is 12.4 Å². The molecule has 166 valence electrons. The summed E-state index contributed by atoms with van der Waals surface area (Å²) in [5.74, 6) is -0.452. The molecule has 3 aliphatic rings. The van der Waals surface area contributed by atoms with Crippen molar-refractivity contribution in [3.8, 4) is 0 Å². The van der Waals surface area contributed by atoms with Crippen molar-refractivity contribution in [1.29, 1.82) is 0 Å². The standard InChI is InChI=1S/C21H35N7O2/c1-25(17-4-2-16(22)3-5-17)8-9-26-10-12-27(13-11-26)18-14-23-28(15-18)19-6-7-20(29)24-21(19)30/h14-17,19H,2-13,22H2,1H3,(H,24,29,30)/t16-,17-,19?. The number of aromatic nitrogens is 2. The van der Waals surface area contributed by atoms with Gasteiger partial charge in [0.15, 0.2) is 0 Å². The SMILES string of the molecule is CN(CCN1CCN(c2cnn(C3CCC(=O)NC3=O)c2)CC1)[C@H]1CC[C@H](N)CC1. The fourth-order valence-corrected chi connectivity index (χ4v) is 4.85.